The maximum Gasteiger partial charge on any atom is 0.326 e. The van der Waals surface area contributed by atoms with Crippen LogP contribution in [0.5, 0.6) is 23.0 Å². The van der Waals surface area contributed by atoms with Crippen molar-refractivity contribution in [2.24, 2.45) is 0 Å². The van der Waals surface area contributed by atoms with E-state index in [0.29, 0.717) is 65.0 Å². The van der Waals surface area contributed by atoms with Gasteiger partial charge in [-0.2, -0.15) is 0 Å². The van der Waals surface area contributed by atoms with Crippen molar-refractivity contribution in [3.8, 4) is 23.0 Å². The number of aromatic hydroxyl groups is 2. The van der Waals surface area contributed by atoms with E-state index in [-0.39, 0.29) is 68.3 Å². The third kappa shape index (κ3) is 10.3. The second-order valence-corrected chi connectivity index (χ2v) is 19.2. The van der Waals surface area contributed by atoms with Gasteiger partial charge >= 0.3 is 5.97 Å². The van der Waals surface area contributed by atoms with Crippen molar-refractivity contribution < 1.29 is 49.4 Å². The first-order valence-electron chi connectivity index (χ1n) is 22.6. The summed E-state index contributed by atoms with van der Waals surface area (Å²) in [5.41, 5.74) is 5.57. The summed E-state index contributed by atoms with van der Waals surface area (Å²) < 4.78 is 13.1. The van der Waals surface area contributed by atoms with E-state index < -0.39 is 41.3 Å². The highest BCUT2D eigenvalue weighted by Gasteiger charge is 2.47. The summed E-state index contributed by atoms with van der Waals surface area (Å²) in [7, 11) is 0. The third-order valence-corrected chi connectivity index (χ3v) is 13.5. The number of ether oxygens (including phenoxy) is 2. The average molecular weight is 869 g/mol. The van der Waals surface area contributed by atoms with Crippen LogP contribution >= 0.6 is 0 Å². The molecule has 12 nitrogen and oxygen atoms in total. The van der Waals surface area contributed by atoms with Crippen LogP contribution in [0.2, 0.25) is 0 Å². The number of carbonyl (C=O) groups excluding carboxylic acids is 2. The van der Waals surface area contributed by atoms with E-state index in [0.717, 1.165) is 25.7 Å². The van der Waals surface area contributed by atoms with E-state index >= 15 is 0 Å². The van der Waals surface area contributed by atoms with Crippen LogP contribution in [0.3, 0.4) is 0 Å². The molecular formula is C51H68N2O10. The molecule has 0 saturated carbocycles. The Bertz CT molecular complexity index is 2230. The lowest BCUT2D eigenvalue weighted by molar-refractivity contribution is -0.142. The van der Waals surface area contributed by atoms with Gasteiger partial charge in [0.05, 0.1) is 36.4 Å². The minimum Gasteiger partial charge on any atom is -0.508 e. The topological polar surface area (TPSA) is 177 Å². The highest BCUT2D eigenvalue weighted by atomic mass is 16.5. The molecule has 5 atom stereocenters. The number of hydrogen-bond acceptors (Lipinski definition) is 9. The van der Waals surface area contributed by atoms with E-state index in [2.05, 4.69) is 65.8 Å². The molecule has 12 heteroatoms. The predicted molar refractivity (Wildman–Crippen MR) is 242 cm³/mol. The minimum absolute atomic E-state index is 0.0456. The van der Waals surface area contributed by atoms with Crippen LogP contribution in [0.4, 0.5) is 0 Å². The van der Waals surface area contributed by atoms with Crippen molar-refractivity contribution in [3.63, 3.8) is 0 Å². The van der Waals surface area contributed by atoms with Crippen molar-refractivity contribution in [3.05, 3.63) is 92.1 Å². The largest absolute Gasteiger partial charge is 0.508 e. The van der Waals surface area contributed by atoms with Gasteiger partial charge < -0.3 is 44.8 Å². The summed E-state index contributed by atoms with van der Waals surface area (Å²) in [6.45, 7) is 16.5. The van der Waals surface area contributed by atoms with Crippen molar-refractivity contribution >= 4 is 17.8 Å². The van der Waals surface area contributed by atoms with Crippen molar-refractivity contribution in [1.82, 2.24) is 9.80 Å². The molecule has 2 aromatic carbocycles. The van der Waals surface area contributed by atoms with Crippen molar-refractivity contribution in [2.45, 2.75) is 175 Å². The lowest BCUT2D eigenvalue weighted by atomic mass is 9.84. The zero-order valence-corrected chi connectivity index (χ0v) is 38.5. The molecule has 0 saturated heterocycles. The standard InChI is InChI=1S/C51H68N2O10/c1-30(2)14-9-16-32(5)18-11-21-50(7)43(56)26-36-41(54)24-34-38(45(36)62-50)28-52(47(34)58)23-13-20-40(49(60)61)53-29-39-35(48(53)59)25-42(55)37-27-44(57)51(8,63-46(37)39)22-12-19-33(6)17-10-15-31(3)4/h14-15,18-19,24-25,40,43-44,54-57H,9-13,16-17,20-23,26-29H2,1-8H3,(H,60,61)/b32-18+,33-19+/t40-,43-,44-,50-,51-/m0/s1. The number of aliphatic carboxylic acids is 1. The smallest absolute Gasteiger partial charge is 0.326 e. The van der Waals surface area contributed by atoms with Crippen LogP contribution in [-0.4, -0.2) is 89.1 Å². The Hall–Kier alpha value is -5.07. The highest BCUT2D eigenvalue weighted by Crippen LogP contribution is 2.48. The van der Waals surface area contributed by atoms with Gasteiger partial charge in [-0.3, -0.25) is 9.59 Å². The van der Waals surface area contributed by atoms with Gasteiger partial charge in [-0.25, -0.2) is 4.79 Å². The maximum atomic E-state index is 13.9. The maximum absolute atomic E-state index is 13.9. The van der Waals surface area contributed by atoms with Gasteiger partial charge in [-0.05, 0) is 132 Å². The van der Waals surface area contributed by atoms with E-state index in [1.165, 1.54) is 39.3 Å². The molecule has 2 amide bonds. The second kappa shape index (κ2) is 19.4. The number of allylic oxidation sites excluding steroid dienone is 8. The molecular weight excluding hydrogens is 801 g/mol. The SMILES string of the molecule is CC(C)=CCC/C(C)=C/CC[C@]1(C)Oc2c(c(O)cc3c2CN(CCC[C@@H](C(=O)O)N2Cc4c(cc(O)c5c4O[C@@](C)(CC/C=C(\C)CCC=C(C)C)[C@@H](O)C5)C2=O)C3=O)C[C@@H]1O. The van der Waals surface area contributed by atoms with Gasteiger partial charge in [0.1, 0.15) is 40.2 Å². The monoisotopic (exact) mass is 868 g/mol. The van der Waals surface area contributed by atoms with Gasteiger partial charge in [0.2, 0.25) is 0 Å². The third-order valence-electron chi connectivity index (χ3n) is 13.5. The molecule has 4 heterocycles. The molecule has 0 bridgehead atoms. The number of rotatable bonds is 18. The Labute approximate surface area is 372 Å². The fourth-order valence-electron chi connectivity index (χ4n) is 9.40. The molecule has 0 aliphatic carbocycles. The molecule has 0 spiro atoms. The Morgan fingerprint density at radius 1 is 0.714 bits per heavy atom. The zero-order valence-electron chi connectivity index (χ0n) is 38.5. The van der Waals surface area contributed by atoms with Crippen LogP contribution < -0.4 is 9.47 Å². The van der Waals surface area contributed by atoms with Gasteiger partial charge in [-0.1, -0.05) is 46.6 Å². The number of aliphatic hydroxyl groups excluding tert-OH is 2. The molecule has 4 aliphatic rings. The number of benzene rings is 2. The Morgan fingerprint density at radius 3 is 1.63 bits per heavy atom. The first kappa shape index (κ1) is 47.4. The number of carboxylic acids is 1. The molecule has 6 rings (SSSR count). The second-order valence-electron chi connectivity index (χ2n) is 19.2. The number of aliphatic hydroxyl groups is 2. The normalized spacial score (nSPS) is 23.3. The number of phenolic OH excluding ortho intramolecular Hbond substituents is 2. The molecule has 2 aromatic rings. The fourth-order valence-corrected chi connectivity index (χ4v) is 9.40. The number of hydrogen-bond donors (Lipinski definition) is 5. The number of fused-ring (bicyclic) bond motifs is 6. The number of nitrogens with zero attached hydrogens (tertiary/aromatic N) is 2. The number of phenols is 2. The summed E-state index contributed by atoms with van der Waals surface area (Å²) in [6.07, 6.45) is 13.8. The van der Waals surface area contributed by atoms with Crippen LogP contribution in [0.15, 0.2) is 58.7 Å². The lowest BCUT2D eigenvalue weighted by Crippen LogP contribution is -2.49. The van der Waals surface area contributed by atoms with Crippen molar-refractivity contribution in [2.75, 3.05) is 6.54 Å². The van der Waals surface area contributed by atoms with E-state index in [1.54, 1.807) is 4.90 Å². The van der Waals surface area contributed by atoms with Gasteiger partial charge in [0.25, 0.3) is 11.8 Å². The van der Waals surface area contributed by atoms with Crippen LogP contribution in [0.25, 0.3) is 0 Å². The van der Waals surface area contributed by atoms with E-state index in [9.17, 15) is 39.9 Å². The quantitative estimate of drug-likeness (QED) is 0.0909. The molecule has 342 valence electrons. The Morgan fingerprint density at radius 2 is 1.17 bits per heavy atom. The summed E-state index contributed by atoms with van der Waals surface area (Å²) in [5.74, 6) is -1.60. The molecule has 0 unspecified atom stereocenters. The molecule has 0 aromatic heterocycles. The van der Waals surface area contributed by atoms with Crippen LogP contribution in [0.1, 0.15) is 163 Å². The highest BCUT2D eigenvalue weighted by molar-refractivity contribution is 6.02. The van der Waals surface area contributed by atoms with E-state index in [4.69, 9.17) is 9.47 Å². The minimum atomic E-state index is -1.23. The summed E-state index contributed by atoms with van der Waals surface area (Å²) in [4.78, 5) is 43.4. The molecule has 63 heavy (non-hydrogen) atoms. The number of amides is 2. The molecule has 4 aliphatic heterocycles. The van der Waals surface area contributed by atoms with Crippen molar-refractivity contribution in [1.29, 1.82) is 0 Å². The number of carbonyl (C=O) groups is 3. The summed E-state index contributed by atoms with van der Waals surface area (Å²) in [6, 6.07) is 1.55. The average Bonchev–Trinajstić information content (AvgIpc) is 3.69. The molecule has 0 radical (unpaired) electrons. The zero-order chi connectivity index (χ0) is 46.0. The number of carboxylic acid groups (broad SMARTS) is 1. The summed E-state index contributed by atoms with van der Waals surface area (Å²) >= 11 is 0. The van der Waals surface area contributed by atoms with Crippen LogP contribution in [0, 0.1) is 0 Å². The molecule has 5 N–H and O–H groups in total. The Kier molecular flexibility index (Phi) is 14.6. The van der Waals surface area contributed by atoms with Gasteiger partial charge in [0.15, 0.2) is 0 Å². The van der Waals surface area contributed by atoms with Crippen LogP contribution in [-0.2, 0) is 30.7 Å². The first-order chi connectivity index (χ1) is 29.7. The summed E-state index contributed by atoms with van der Waals surface area (Å²) in [5, 5.41) is 55.0. The van der Waals surface area contributed by atoms with E-state index in [1.807, 2.05) is 13.8 Å². The molecule has 0 fully saturated rings. The first-order valence-corrected chi connectivity index (χ1v) is 22.6. The lowest BCUT2D eigenvalue weighted by Gasteiger charge is -2.41. The van der Waals surface area contributed by atoms with Gasteiger partial charge in [0, 0.05) is 41.6 Å². The Balaban J connectivity index is 1.11. The fraction of sp³-hybridized carbons (Fsp3) is 0.549. The predicted octanol–water partition coefficient (Wildman–Crippen LogP) is 9.00. The van der Waals surface area contributed by atoms with Gasteiger partial charge in [-0.15, -0.1) is 0 Å².